The molecule has 1 aliphatic rings. The number of nitrogens with one attached hydrogen (secondary N) is 1. The molecule has 154 valence electrons. The maximum absolute atomic E-state index is 12.5. The second-order valence-electron chi connectivity index (χ2n) is 6.50. The second kappa shape index (κ2) is 8.46. The molecule has 0 spiro atoms. The number of rotatable bonds is 6. The fourth-order valence-corrected chi connectivity index (χ4v) is 3.67. The summed E-state index contributed by atoms with van der Waals surface area (Å²) in [4.78, 5) is 23.8. The highest BCUT2D eigenvalue weighted by Crippen LogP contribution is 2.34. The number of carbonyl (C=O) groups excluding carboxylic acids is 1. The van der Waals surface area contributed by atoms with E-state index < -0.39 is 4.92 Å². The Labute approximate surface area is 176 Å². The molecule has 0 fully saturated rings. The van der Waals surface area contributed by atoms with Crippen molar-refractivity contribution in [3.05, 3.63) is 64.3 Å². The third-order valence-electron chi connectivity index (χ3n) is 4.29. The van der Waals surface area contributed by atoms with E-state index in [1.54, 1.807) is 22.9 Å². The predicted molar refractivity (Wildman–Crippen MR) is 112 cm³/mol. The predicted octanol–water partition coefficient (Wildman–Crippen LogP) is 3.59. The van der Waals surface area contributed by atoms with E-state index >= 15 is 0 Å². The first-order chi connectivity index (χ1) is 14.5. The van der Waals surface area contributed by atoms with Gasteiger partial charge in [0.15, 0.2) is 11.5 Å². The number of aryl methyl sites for hydroxylation is 1. The van der Waals surface area contributed by atoms with Gasteiger partial charge in [-0.3, -0.25) is 14.9 Å². The molecule has 9 nitrogen and oxygen atoms in total. The summed E-state index contributed by atoms with van der Waals surface area (Å²) in [6, 6.07) is 13.3. The van der Waals surface area contributed by atoms with Gasteiger partial charge < -0.3 is 14.8 Å². The minimum absolute atomic E-state index is 0.0101. The average molecular weight is 426 g/mol. The molecule has 1 amide bonds. The molecule has 3 aromatic rings. The van der Waals surface area contributed by atoms with Crippen molar-refractivity contribution in [2.24, 2.45) is 0 Å². The number of hydrogen-bond acceptors (Lipinski definition) is 7. The summed E-state index contributed by atoms with van der Waals surface area (Å²) in [5.41, 5.74) is 1.32. The molecule has 0 saturated heterocycles. The fourth-order valence-electron chi connectivity index (χ4n) is 2.94. The maximum atomic E-state index is 12.5. The summed E-state index contributed by atoms with van der Waals surface area (Å²) in [6.07, 6.45) is 0. The number of amides is 1. The summed E-state index contributed by atoms with van der Waals surface area (Å²) in [7, 11) is 0. The van der Waals surface area contributed by atoms with Crippen LogP contribution in [0.3, 0.4) is 0 Å². The van der Waals surface area contributed by atoms with E-state index in [0.29, 0.717) is 41.9 Å². The molecule has 0 unspecified atom stereocenters. The summed E-state index contributed by atoms with van der Waals surface area (Å²) in [5, 5.41) is 18.1. The number of carbonyl (C=O) groups is 1. The highest BCUT2D eigenvalue weighted by Gasteiger charge is 2.15. The molecule has 10 heteroatoms. The SMILES string of the molecule is Cc1cc(NC(=O)CSc2ccc3c(c2)OCCO3)n(-c2ccc([N+](=O)[O-])cc2)n1. The standard InChI is InChI=1S/C20H18N4O5S/c1-13-10-19(23(22-13)14-2-4-15(5-3-14)24(26)27)21-20(25)12-30-16-6-7-17-18(11-16)29-9-8-28-17/h2-7,10-11H,8-9,12H2,1H3,(H,21,25). The number of anilines is 1. The summed E-state index contributed by atoms with van der Waals surface area (Å²) >= 11 is 1.38. The van der Waals surface area contributed by atoms with Crippen LogP contribution < -0.4 is 14.8 Å². The lowest BCUT2D eigenvalue weighted by molar-refractivity contribution is -0.384. The van der Waals surface area contributed by atoms with Gasteiger partial charge in [-0.1, -0.05) is 0 Å². The topological polar surface area (TPSA) is 109 Å². The molecule has 1 aromatic heterocycles. The zero-order valence-electron chi connectivity index (χ0n) is 16.0. The van der Waals surface area contributed by atoms with Crippen LogP contribution in [0.15, 0.2) is 53.4 Å². The zero-order valence-corrected chi connectivity index (χ0v) is 16.8. The van der Waals surface area contributed by atoms with E-state index in [1.807, 2.05) is 25.1 Å². The number of benzene rings is 2. The van der Waals surface area contributed by atoms with Crippen molar-refractivity contribution in [3.8, 4) is 17.2 Å². The first-order valence-corrected chi connectivity index (χ1v) is 10.1. The van der Waals surface area contributed by atoms with Crippen molar-refractivity contribution < 1.29 is 19.2 Å². The highest BCUT2D eigenvalue weighted by atomic mass is 32.2. The molecule has 2 aromatic carbocycles. The van der Waals surface area contributed by atoms with Crippen LogP contribution in [0.25, 0.3) is 5.69 Å². The Bertz CT molecular complexity index is 1100. The van der Waals surface area contributed by atoms with Crippen LogP contribution >= 0.6 is 11.8 Å². The molecule has 1 N–H and O–H groups in total. The van der Waals surface area contributed by atoms with Crippen LogP contribution in [0.4, 0.5) is 11.5 Å². The van der Waals surface area contributed by atoms with Crippen molar-refractivity contribution in [2.45, 2.75) is 11.8 Å². The van der Waals surface area contributed by atoms with Gasteiger partial charge in [-0.05, 0) is 37.3 Å². The maximum Gasteiger partial charge on any atom is 0.269 e. The molecule has 2 heterocycles. The van der Waals surface area contributed by atoms with Crippen LogP contribution in [0.2, 0.25) is 0 Å². The Balaban J connectivity index is 1.43. The smallest absolute Gasteiger partial charge is 0.269 e. The van der Waals surface area contributed by atoms with E-state index in [-0.39, 0.29) is 17.3 Å². The van der Waals surface area contributed by atoms with Crippen molar-refractivity contribution in [3.63, 3.8) is 0 Å². The number of nitrogens with zero attached hydrogens (tertiary/aromatic N) is 3. The number of non-ortho nitro benzene ring substituents is 1. The number of hydrogen-bond donors (Lipinski definition) is 1. The molecule has 0 aliphatic carbocycles. The van der Waals surface area contributed by atoms with Crippen molar-refractivity contribution in [1.29, 1.82) is 0 Å². The molecule has 0 bridgehead atoms. The van der Waals surface area contributed by atoms with Gasteiger partial charge in [0.25, 0.3) is 5.69 Å². The highest BCUT2D eigenvalue weighted by molar-refractivity contribution is 8.00. The van der Waals surface area contributed by atoms with Crippen LogP contribution in [-0.2, 0) is 4.79 Å². The number of nitro groups is 1. The Morgan fingerprint density at radius 1 is 1.17 bits per heavy atom. The molecule has 0 saturated carbocycles. The number of fused-ring (bicyclic) bond motifs is 1. The lowest BCUT2D eigenvalue weighted by Gasteiger charge is -2.18. The number of nitro benzene ring substituents is 1. The number of thioether (sulfide) groups is 1. The summed E-state index contributed by atoms with van der Waals surface area (Å²) in [6.45, 7) is 2.85. The lowest BCUT2D eigenvalue weighted by Crippen LogP contribution is -2.17. The van der Waals surface area contributed by atoms with E-state index in [9.17, 15) is 14.9 Å². The number of ether oxygens (including phenoxy) is 2. The van der Waals surface area contributed by atoms with Gasteiger partial charge in [0.05, 0.1) is 22.1 Å². The monoisotopic (exact) mass is 426 g/mol. The van der Waals surface area contributed by atoms with Crippen LogP contribution in [-0.4, -0.2) is 39.6 Å². The van der Waals surface area contributed by atoms with E-state index in [4.69, 9.17) is 9.47 Å². The molecule has 0 atom stereocenters. The normalized spacial score (nSPS) is 12.4. The van der Waals surface area contributed by atoms with Crippen molar-refractivity contribution in [2.75, 3.05) is 24.3 Å². The van der Waals surface area contributed by atoms with Gasteiger partial charge in [-0.15, -0.1) is 11.8 Å². The molecule has 30 heavy (non-hydrogen) atoms. The van der Waals surface area contributed by atoms with Crippen molar-refractivity contribution >= 4 is 29.2 Å². The van der Waals surface area contributed by atoms with Gasteiger partial charge in [0, 0.05) is 23.1 Å². The third kappa shape index (κ3) is 4.38. The first kappa shape index (κ1) is 19.8. The zero-order chi connectivity index (χ0) is 21.1. The second-order valence-corrected chi connectivity index (χ2v) is 7.55. The molecule has 1 aliphatic heterocycles. The van der Waals surface area contributed by atoms with E-state index in [0.717, 1.165) is 4.90 Å². The third-order valence-corrected chi connectivity index (χ3v) is 5.28. The quantitative estimate of drug-likeness (QED) is 0.364. The average Bonchev–Trinajstić information content (AvgIpc) is 3.12. The van der Waals surface area contributed by atoms with Crippen LogP contribution in [0, 0.1) is 17.0 Å². The van der Waals surface area contributed by atoms with Gasteiger partial charge in [0.1, 0.15) is 19.0 Å². The van der Waals surface area contributed by atoms with Gasteiger partial charge in [-0.25, -0.2) is 4.68 Å². The fraction of sp³-hybridized carbons (Fsp3) is 0.200. The van der Waals surface area contributed by atoms with Crippen molar-refractivity contribution in [1.82, 2.24) is 9.78 Å². The number of aromatic nitrogens is 2. The minimum Gasteiger partial charge on any atom is -0.486 e. The van der Waals surface area contributed by atoms with Gasteiger partial charge in [0.2, 0.25) is 5.91 Å². The molecular formula is C20H18N4O5S. The minimum atomic E-state index is -0.462. The first-order valence-electron chi connectivity index (χ1n) is 9.13. The Morgan fingerprint density at radius 2 is 1.90 bits per heavy atom. The Hall–Kier alpha value is -3.53. The van der Waals surface area contributed by atoms with Gasteiger partial charge in [-0.2, -0.15) is 5.10 Å². The lowest BCUT2D eigenvalue weighted by atomic mass is 10.3. The molecule has 0 radical (unpaired) electrons. The van der Waals surface area contributed by atoms with Crippen LogP contribution in [0.1, 0.15) is 5.69 Å². The largest absolute Gasteiger partial charge is 0.486 e. The van der Waals surface area contributed by atoms with Crippen LogP contribution in [0.5, 0.6) is 11.5 Å². The van der Waals surface area contributed by atoms with Gasteiger partial charge >= 0.3 is 0 Å². The Kier molecular flexibility index (Phi) is 5.57. The molecule has 4 rings (SSSR count). The Morgan fingerprint density at radius 3 is 2.63 bits per heavy atom. The summed E-state index contributed by atoms with van der Waals surface area (Å²) < 4.78 is 12.6. The van der Waals surface area contributed by atoms with E-state index in [2.05, 4.69) is 10.4 Å². The summed E-state index contributed by atoms with van der Waals surface area (Å²) in [5.74, 6) is 1.88. The van der Waals surface area contributed by atoms with E-state index in [1.165, 1.54) is 23.9 Å². The molecular weight excluding hydrogens is 408 g/mol.